The first-order chi connectivity index (χ1) is 8.34. The van der Waals surface area contributed by atoms with Crippen molar-refractivity contribution in [1.29, 1.82) is 0 Å². The van der Waals surface area contributed by atoms with E-state index < -0.39 is 0 Å². The number of nitrogens with zero attached hydrogens (tertiary/aromatic N) is 2. The molecule has 3 heteroatoms. The summed E-state index contributed by atoms with van der Waals surface area (Å²) in [6.45, 7) is 0.529. The molecule has 1 aliphatic rings. The number of hydrogen-bond donors (Lipinski definition) is 0. The average molecular weight is 224 g/mol. The first kappa shape index (κ1) is 10.0. The Hall–Kier alpha value is -2.16. The summed E-state index contributed by atoms with van der Waals surface area (Å²) >= 11 is 0. The molecule has 17 heavy (non-hydrogen) atoms. The molecule has 1 heterocycles. The van der Waals surface area contributed by atoms with Gasteiger partial charge in [-0.25, -0.2) is 4.68 Å². The summed E-state index contributed by atoms with van der Waals surface area (Å²) in [6, 6.07) is 9.89. The van der Waals surface area contributed by atoms with E-state index in [1.54, 1.807) is 6.20 Å². The second-order valence-electron chi connectivity index (χ2n) is 4.11. The zero-order valence-electron chi connectivity index (χ0n) is 9.34. The van der Waals surface area contributed by atoms with Gasteiger partial charge in [0.05, 0.1) is 12.7 Å². The highest BCUT2D eigenvalue weighted by molar-refractivity contribution is 5.44. The van der Waals surface area contributed by atoms with E-state index in [9.17, 15) is 4.79 Å². The predicted octanol–water partition coefficient (Wildman–Crippen LogP) is 0.256. The minimum absolute atomic E-state index is 0.0000954. The fourth-order valence-corrected chi connectivity index (χ4v) is 2.06. The molecule has 0 fully saturated rings. The maximum Gasteiger partial charge on any atom is 0.274 e. The van der Waals surface area contributed by atoms with Crippen molar-refractivity contribution >= 4 is 12.2 Å². The molecular formula is C14H12N2O. The van der Waals surface area contributed by atoms with Gasteiger partial charge >= 0.3 is 0 Å². The van der Waals surface area contributed by atoms with Gasteiger partial charge in [0.15, 0.2) is 0 Å². The molecular weight excluding hydrogens is 212 g/mol. The van der Waals surface area contributed by atoms with Crippen LogP contribution in [0.4, 0.5) is 0 Å². The quantitative estimate of drug-likeness (QED) is 0.733. The van der Waals surface area contributed by atoms with Crippen molar-refractivity contribution in [3.8, 4) is 0 Å². The van der Waals surface area contributed by atoms with Crippen LogP contribution in [0.1, 0.15) is 12.0 Å². The van der Waals surface area contributed by atoms with Crippen LogP contribution >= 0.6 is 0 Å². The van der Waals surface area contributed by atoms with Gasteiger partial charge in [0, 0.05) is 10.4 Å². The second-order valence-corrected chi connectivity index (χ2v) is 4.11. The minimum Gasteiger partial charge on any atom is -0.267 e. The third kappa shape index (κ3) is 1.80. The van der Waals surface area contributed by atoms with Gasteiger partial charge in [0.1, 0.15) is 0 Å². The van der Waals surface area contributed by atoms with Gasteiger partial charge in [-0.2, -0.15) is 5.10 Å². The first-order valence-corrected chi connectivity index (χ1v) is 5.65. The van der Waals surface area contributed by atoms with Crippen molar-refractivity contribution < 1.29 is 0 Å². The Morgan fingerprint density at radius 2 is 2.00 bits per heavy atom. The lowest BCUT2D eigenvalue weighted by atomic mass is 10.2. The van der Waals surface area contributed by atoms with Crippen molar-refractivity contribution in [3.63, 3.8) is 0 Å². The highest BCUT2D eigenvalue weighted by atomic mass is 16.1. The molecule has 1 aromatic carbocycles. The van der Waals surface area contributed by atoms with Crippen LogP contribution in [0.25, 0.3) is 12.2 Å². The molecule has 0 saturated carbocycles. The van der Waals surface area contributed by atoms with Crippen molar-refractivity contribution in [2.75, 3.05) is 0 Å². The summed E-state index contributed by atoms with van der Waals surface area (Å²) in [5.41, 5.74) is 1.09. The van der Waals surface area contributed by atoms with E-state index in [1.165, 1.54) is 4.68 Å². The monoisotopic (exact) mass is 224 g/mol. The van der Waals surface area contributed by atoms with Gasteiger partial charge in [0.2, 0.25) is 0 Å². The molecule has 0 bridgehead atoms. The zero-order valence-corrected chi connectivity index (χ0v) is 9.34. The second kappa shape index (κ2) is 4.01. The lowest BCUT2D eigenvalue weighted by Gasteiger charge is -2.03. The number of fused-ring (bicyclic) bond motifs is 1. The lowest BCUT2D eigenvalue weighted by Crippen LogP contribution is -2.44. The standard InChI is InChI=1S/C14H12N2O/c17-14-13-8-4-7-12(13)9-15-16(14)10-11-5-2-1-3-6-11/h1-3,5-9H,4,10H2. The molecule has 2 aromatic rings. The fourth-order valence-electron chi connectivity index (χ4n) is 2.06. The van der Waals surface area contributed by atoms with E-state index in [2.05, 4.69) is 5.10 Å². The van der Waals surface area contributed by atoms with Gasteiger partial charge in [-0.3, -0.25) is 4.79 Å². The van der Waals surface area contributed by atoms with Crippen molar-refractivity contribution in [3.05, 3.63) is 62.9 Å². The molecule has 1 aliphatic carbocycles. The van der Waals surface area contributed by atoms with Gasteiger partial charge < -0.3 is 0 Å². The summed E-state index contributed by atoms with van der Waals surface area (Å²) in [5, 5.41) is 5.94. The minimum atomic E-state index is 0.0000954. The molecule has 3 rings (SSSR count). The fraction of sp³-hybridized carbons (Fsp3) is 0.143. The van der Waals surface area contributed by atoms with Crippen LogP contribution in [0.2, 0.25) is 0 Å². The summed E-state index contributed by atoms with van der Waals surface area (Å²) < 4.78 is 1.52. The van der Waals surface area contributed by atoms with E-state index in [0.717, 1.165) is 22.4 Å². The Morgan fingerprint density at radius 1 is 1.18 bits per heavy atom. The largest absolute Gasteiger partial charge is 0.274 e. The summed E-state index contributed by atoms with van der Waals surface area (Å²) in [7, 11) is 0. The SMILES string of the molecule is O=c1c2c(cnn1Cc1ccccc1)=CCC=2. The van der Waals surface area contributed by atoms with Crippen molar-refractivity contribution in [2.24, 2.45) is 0 Å². The van der Waals surface area contributed by atoms with Crippen LogP contribution in [-0.2, 0) is 6.54 Å². The molecule has 84 valence electrons. The molecule has 0 spiro atoms. The Bertz CT molecular complexity index is 714. The maximum atomic E-state index is 12.1. The molecule has 0 amide bonds. The van der Waals surface area contributed by atoms with Gasteiger partial charge in [-0.1, -0.05) is 42.5 Å². The van der Waals surface area contributed by atoms with E-state index in [0.29, 0.717) is 6.54 Å². The van der Waals surface area contributed by atoms with E-state index in [-0.39, 0.29) is 5.56 Å². The first-order valence-electron chi connectivity index (χ1n) is 5.65. The summed E-state index contributed by atoms with van der Waals surface area (Å²) in [4.78, 5) is 12.1. The van der Waals surface area contributed by atoms with Crippen LogP contribution in [-0.4, -0.2) is 9.78 Å². The lowest BCUT2D eigenvalue weighted by molar-refractivity contribution is 0.631. The Balaban J connectivity index is 2.07. The number of aromatic nitrogens is 2. The highest BCUT2D eigenvalue weighted by Gasteiger charge is 2.03. The number of hydrogen-bond acceptors (Lipinski definition) is 2. The van der Waals surface area contributed by atoms with E-state index >= 15 is 0 Å². The normalized spacial score (nSPS) is 12.7. The summed E-state index contributed by atoms with van der Waals surface area (Å²) in [5.74, 6) is 0. The van der Waals surface area contributed by atoms with E-state index in [1.807, 2.05) is 42.5 Å². The highest BCUT2D eigenvalue weighted by Crippen LogP contribution is 1.98. The Labute approximate surface area is 98.3 Å². The maximum absolute atomic E-state index is 12.1. The average Bonchev–Trinajstić information content (AvgIpc) is 2.83. The Kier molecular flexibility index (Phi) is 2.37. The van der Waals surface area contributed by atoms with Gasteiger partial charge in [-0.15, -0.1) is 0 Å². The van der Waals surface area contributed by atoms with Gasteiger partial charge in [0.25, 0.3) is 5.56 Å². The zero-order chi connectivity index (χ0) is 11.7. The van der Waals surface area contributed by atoms with Crippen molar-refractivity contribution in [1.82, 2.24) is 9.78 Å². The van der Waals surface area contributed by atoms with Crippen LogP contribution in [0.5, 0.6) is 0 Å². The molecule has 0 saturated heterocycles. The predicted molar refractivity (Wildman–Crippen MR) is 66.8 cm³/mol. The number of benzene rings is 1. The van der Waals surface area contributed by atoms with Crippen LogP contribution in [0, 0.1) is 0 Å². The molecule has 0 N–H and O–H groups in total. The topological polar surface area (TPSA) is 34.9 Å². The number of rotatable bonds is 2. The van der Waals surface area contributed by atoms with Crippen LogP contribution in [0.15, 0.2) is 41.3 Å². The van der Waals surface area contributed by atoms with Gasteiger partial charge in [-0.05, 0) is 12.0 Å². The Morgan fingerprint density at radius 3 is 2.82 bits per heavy atom. The van der Waals surface area contributed by atoms with E-state index in [4.69, 9.17) is 0 Å². The molecule has 0 unspecified atom stereocenters. The smallest absolute Gasteiger partial charge is 0.267 e. The summed E-state index contributed by atoms with van der Waals surface area (Å²) in [6.07, 6.45) is 6.59. The van der Waals surface area contributed by atoms with Crippen LogP contribution in [0.3, 0.4) is 0 Å². The molecule has 3 nitrogen and oxygen atoms in total. The van der Waals surface area contributed by atoms with Crippen LogP contribution < -0.4 is 16.0 Å². The molecule has 0 aliphatic heterocycles. The van der Waals surface area contributed by atoms with Crippen molar-refractivity contribution in [2.45, 2.75) is 13.0 Å². The third-order valence-corrected chi connectivity index (χ3v) is 2.95. The molecule has 1 aromatic heterocycles. The molecule has 0 atom stereocenters. The molecule has 0 radical (unpaired) electrons. The third-order valence-electron chi connectivity index (χ3n) is 2.95.